The molecule has 3 rings (SSSR count). The van der Waals surface area contributed by atoms with Crippen molar-refractivity contribution in [3.8, 4) is 0 Å². The monoisotopic (exact) mass is 506 g/mol. The van der Waals surface area contributed by atoms with Gasteiger partial charge in [0.05, 0.1) is 25.7 Å². The number of methoxy groups -OCH3 is 1. The summed E-state index contributed by atoms with van der Waals surface area (Å²) in [6.07, 6.45) is 2.45. The van der Waals surface area contributed by atoms with Gasteiger partial charge in [-0.25, -0.2) is 4.79 Å². The third kappa shape index (κ3) is 5.82. The summed E-state index contributed by atoms with van der Waals surface area (Å²) in [4.78, 5) is 32.4. The SMILES string of the molecule is COC(=O)N[C@H](C(=O)N(CC1=NC(c2ccc(Br)cc2)C(C)N1)[C@@H]1CC[C@H](C)C1)C(C)C. The maximum absolute atomic E-state index is 13.7. The lowest BCUT2D eigenvalue weighted by Gasteiger charge is -2.34. The first-order valence-corrected chi connectivity index (χ1v) is 12.2. The molecule has 0 radical (unpaired) electrons. The zero-order chi connectivity index (χ0) is 23.4. The first-order valence-electron chi connectivity index (χ1n) is 11.4. The number of rotatable bonds is 7. The minimum Gasteiger partial charge on any atom is -0.453 e. The van der Waals surface area contributed by atoms with E-state index in [1.165, 1.54) is 7.11 Å². The van der Waals surface area contributed by atoms with Crippen molar-refractivity contribution in [2.75, 3.05) is 13.7 Å². The molecule has 1 aliphatic carbocycles. The molecule has 2 unspecified atom stereocenters. The van der Waals surface area contributed by atoms with Crippen LogP contribution in [0.5, 0.6) is 0 Å². The van der Waals surface area contributed by atoms with E-state index in [9.17, 15) is 9.59 Å². The van der Waals surface area contributed by atoms with Gasteiger partial charge in [-0.2, -0.15) is 0 Å². The van der Waals surface area contributed by atoms with E-state index in [0.717, 1.165) is 35.1 Å². The van der Waals surface area contributed by atoms with Crippen LogP contribution in [-0.4, -0.2) is 54.5 Å². The minimum atomic E-state index is -0.639. The van der Waals surface area contributed by atoms with E-state index in [2.05, 4.69) is 52.5 Å². The number of carbonyl (C=O) groups is 2. The van der Waals surface area contributed by atoms with Crippen LogP contribution in [-0.2, 0) is 9.53 Å². The molecule has 5 atom stereocenters. The van der Waals surface area contributed by atoms with Crippen molar-refractivity contribution >= 4 is 33.8 Å². The molecule has 2 aliphatic rings. The predicted molar refractivity (Wildman–Crippen MR) is 130 cm³/mol. The number of hydrogen-bond donors (Lipinski definition) is 2. The Morgan fingerprint density at radius 2 is 1.94 bits per heavy atom. The largest absolute Gasteiger partial charge is 0.453 e. The highest BCUT2D eigenvalue weighted by atomic mass is 79.9. The summed E-state index contributed by atoms with van der Waals surface area (Å²) in [5.74, 6) is 1.26. The number of nitrogens with one attached hydrogen (secondary N) is 2. The van der Waals surface area contributed by atoms with Crippen LogP contribution in [0.25, 0.3) is 0 Å². The average Bonchev–Trinajstić information content (AvgIpc) is 3.35. The van der Waals surface area contributed by atoms with E-state index in [-0.39, 0.29) is 30.0 Å². The molecule has 7 nitrogen and oxygen atoms in total. The van der Waals surface area contributed by atoms with Crippen LogP contribution in [0.15, 0.2) is 33.7 Å². The van der Waals surface area contributed by atoms with Crippen LogP contribution < -0.4 is 10.6 Å². The molecule has 1 fully saturated rings. The lowest BCUT2D eigenvalue weighted by Crippen LogP contribution is -2.55. The van der Waals surface area contributed by atoms with Gasteiger partial charge in [-0.15, -0.1) is 0 Å². The molecule has 1 aromatic carbocycles. The van der Waals surface area contributed by atoms with Gasteiger partial charge in [0.25, 0.3) is 0 Å². The van der Waals surface area contributed by atoms with E-state index < -0.39 is 12.1 Å². The molecule has 8 heteroatoms. The van der Waals surface area contributed by atoms with E-state index >= 15 is 0 Å². The van der Waals surface area contributed by atoms with Gasteiger partial charge < -0.3 is 20.3 Å². The smallest absolute Gasteiger partial charge is 0.407 e. The third-order valence-electron chi connectivity index (χ3n) is 6.48. The number of nitrogens with zero attached hydrogens (tertiary/aromatic N) is 2. The Morgan fingerprint density at radius 3 is 2.50 bits per heavy atom. The summed E-state index contributed by atoms with van der Waals surface area (Å²) in [5, 5.41) is 6.23. The topological polar surface area (TPSA) is 83.0 Å². The average molecular weight is 507 g/mol. The van der Waals surface area contributed by atoms with Crippen LogP contribution in [0.4, 0.5) is 4.79 Å². The summed E-state index contributed by atoms with van der Waals surface area (Å²) < 4.78 is 5.80. The molecule has 32 heavy (non-hydrogen) atoms. The van der Waals surface area contributed by atoms with Gasteiger partial charge in [-0.3, -0.25) is 9.79 Å². The van der Waals surface area contributed by atoms with E-state index in [1.807, 2.05) is 30.9 Å². The molecule has 0 saturated heterocycles. The van der Waals surface area contributed by atoms with Crippen LogP contribution in [0.3, 0.4) is 0 Å². The fraction of sp³-hybridized carbons (Fsp3) is 0.625. The van der Waals surface area contributed by atoms with Crippen molar-refractivity contribution < 1.29 is 14.3 Å². The van der Waals surface area contributed by atoms with Crippen LogP contribution in [0, 0.1) is 11.8 Å². The number of alkyl carbamates (subject to hydrolysis) is 1. The second-order valence-electron chi connectivity index (χ2n) is 9.40. The van der Waals surface area contributed by atoms with Crippen LogP contribution in [0.2, 0.25) is 0 Å². The van der Waals surface area contributed by atoms with Gasteiger partial charge in [0, 0.05) is 10.5 Å². The molecular weight excluding hydrogens is 472 g/mol. The van der Waals surface area contributed by atoms with E-state index in [4.69, 9.17) is 9.73 Å². The number of hydrogen-bond acceptors (Lipinski definition) is 5. The van der Waals surface area contributed by atoms with Crippen LogP contribution >= 0.6 is 15.9 Å². The number of halogens is 1. The molecule has 0 spiro atoms. The van der Waals surface area contributed by atoms with Gasteiger partial charge in [0.15, 0.2) is 0 Å². The highest BCUT2D eigenvalue weighted by molar-refractivity contribution is 9.10. The highest BCUT2D eigenvalue weighted by Gasteiger charge is 2.37. The first-order chi connectivity index (χ1) is 15.2. The number of amides is 2. The summed E-state index contributed by atoms with van der Waals surface area (Å²) in [5.41, 5.74) is 1.14. The van der Waals surface area contributed by atoms with Gasteiger partial charge in [-0.1, -0.05) is 48.8 Å². The summed E-state index contributed by atoms with van der Waals surface area (Å²) in [6.45, 7) is 8.63. The zero-order valence-corrected chi connectivity index (χ0v) is 21.2. The number of amidine groups is 1. The first kappa shape index (κ1) is 24.6. The molecule has 0 aromatic heterocycles. The lowest BCUT2D eigenvalue weighted by atomic mass is 10.0. The standard InChI is InChI=1S/C24H35BrN4O3/c1-14(2)21(28-24(31)32-5)23(30)29(19-11-6-15(3)12-19)13-20-26-16(4)22(27-20)17-7-9-18(25)10-8-17/h7-10,14-16,19,21-22H,6,11-13H2,1-5H3,(H,26,27)(H,28,31)/t15-,16?,19+,21-,22?/m0/s1. The molecule has 1 aliphatic heterocycles. The molecule has 1 heterocycles. The van der Waals surface area contributed by atoms with Crippen molar-refractivity contribution in [1.82, 2.24) is 15.5 Å². The van der Waals surface area contributed by atoms with Gasteiger partial charge in [0.1, 0.15) is 11.9 Å². The van der Waals surface area contributed by atoms with Gasteiger partial charge in [-0.05, 0) is 55.7 Å². The Morgan fingerprint density at radius 1 is 1.25 bits per heavy atom. The Bertz CT molecular complexity index is 842. The predicted octanol–water partition coefficient (Wildman–Crippen LogP) is 4.28. The fourth-order valence-corrected chi connectivity index (χ4v) is 4.92. The second-order valence-corrected chi connectivity index (χ2v) is 10.3. The van der Waals surface area contributed by atoms with Crippen molar-refractivity contribution in [2.45, 2.75) is 71.1 Å². The van der Waals surface area contributed by atoms with E-state index in [1.54, 1.807) is 0 Å². The molecule has 1 saturated carbocycles. The summed E-state index contributed by atoms with van der Waals surface area (Å²) in [7, 11) is 1.31. The lowest BCUT2D eigenvalue weighted by molar-refractivity contribution is -0.135. The Hall–Kier alpha value is -2.09. The quantitative estimate of drug-likeness (QED) is 0.577. The van der Waals surface area contributed by atoms with E-state index in [0.29, 0.717) is 12.5 Å². The Kier molecular flexibility index (Phi) is 8.20. The molecule has 176 valence electrons. The summed E-state index contributed by atoms with van der Waals surface area (Å²) >= 11 is 3.48. The van der Waals surface area contributed by atoms with Crippen molar-refractivity contribution in [1.29, 1.82) is 0 Å². The highest BCUT2D eigenvalue weighted by Crippen LogP contribution is 2.31. The molecular formula is C24H35BrN4O3. The Balaban J connectivity index is 1.83. The zero-order valence-electron chi connectivity index (χ0n) is 19.6. The van der Waals surface area contributed by atoms with Gasteiger partial charge >= 0.3 is 6.09 Å². The second kappa shape index (κ2) is 10.7. The number of aliphatic imine (C=N–C) groups is 1. The fourth-order valence-electron chi connectivity index (χ4n) is 4.65. The maximum Gasteiger partial charge on any atom is 0.407 e. The van der Waals surface area contributed by atoms with Crippen molar-refractivity contribution in [3.05, 3.63) is 34.3 Å². The molecule has 1 aromatic rings. The van der Waals surface area contributed by atoms with Crippen molar-refractivity contribution in [3.63, 3.8) is 0 Å². The number of benzene rings is 1. The van der Waals surface area contributed by atoms with Crippen molar-refractivity contribution in [2.24, 2.45) is 16.8 Å². The number of carbonyl (C=O) groups excluding carboxylic acids is 2. The molecule has 0 bridgehead atoms. The minimum absolute atomic E-state index is 0.00615. The Labute approximate surface area is 199 Å². The molecule has 2 N–H and O–H groups in total. The summed E-state index contributed by atoms with van der Waals surface area (Å²) in [6, 6.07) is 7.86. The van der Waals surface area contributed by atoms with Crippen LogP contribution in [0.1, 0.15) is 58.6 Å². The van der Waals surface area contributed by atoms with Gasteiger partial charge in [0.2, 0.25) is 5.91 Å². The normalized spacial score (nSPS) is 25.8. The third-order valence-corrected chi connectivity index (χ3v) is 7.01. The number of ether oxygens (including phenoxy) is 1. The molecule has 2 amide bonds. The maximum atomic E-state index is 13.7.